The van der Waals surface area contributed by atoms with Crippen LogP contribution < -0.4 is 0 Å². The van der Waals surface area contributed by atoms with Gasteiger partial charge in [0.15, 0.2) is 0 Å². The topological polar surface area (TPSA) is 46.5 Å². The highest BCUT2D eigenvalue weighted by molar-refractivity contribution is 6.30. The van der Waals surface area contributed by atoms with Crippen LogP contribution in [0.2, 0.25) is 5.02 Å². The molecular formula is C26H42ClFO3. The van der Waals surface area contributed by atoms with Crippen molar-refractivity contribution in [3.8, 4) is 0 Å². The molecule has 2 unspecified atom stereocenters. The van der Waals surface area contributed by atoms with E-state index in [4.69, 9.17) is 16.3 Å². The molecule has 3 nitrogen and oxygen atoms in total. The third-order valence-corrected chi connectivity index (χ3v) is 6.49. The minimum atomic E-state index is -0.917. The van der Waals surface area contributed by atoms with Crippen molar-refractivity contribution < 1.29 is 19.0 Å². The molecule has 0 fully saturated rings. The first-order valence-corrected chi connectivity index (χ1v) is 12.1. The fourth-order valence-corrected chi connectivity index (χ4v) is 4.74. The van der Waals surface area contributed by atoms with Crippen molar-refractivity contribution >= 4 is 17.6 Å². The average molecular weight is 457 g/mol. The first-order valence-electron chi connectivity index (χ1n) is 11.7. The maximum absolute atomic E-state index is 13.4. The van der Waals surface area contributed by atoms with Crippen molar-refractivity contribution in [3.63, 3.8) is 0 Å². The van der Waals surface area contributed by atoms with E-state index in [0.717, 1.165) is 12.8 Å². The average Bonchev–Trinajstić information content (AvgIpc) is 2.65. The van der Waals surface area contributed by atoms with Gasteiger partial charge < -0.3 is 9.84 Å². The van der Waals surface area contributed by atoms with Gasteiger partial charge in [-0.2, -0.15) is 0 Å². The van der Waals surface area contributed by atoms with Crippen LogP contribution in [0.15, 0.2) is 18.2 Å². The van der Waals surface area contributed by atoms with Crippen LogP contribution in [0.25, 0.3) is 0 Å². The Hall–Kier alpha value is -1.13. The van der Waals surface area contributed by atoms with Gasteiger partial charge in [-0.25, -0.2) is 4.39 Å². The number of hydrogen-bond acceptors (Lipinski definition) is 2. The fourth-order valence-electron chi connectivity index (χ4n) is 4.54. The Bertz CT molecular complexity index is 682. The zero-order valence-corrected chi connectivity index (χ0v) is 21.0. The molecule has 1 N–H and O–H groups in total. The predicted molar refractivity (Wildman–Crippen MR) is 127 cm³/mol. The molecule has 1 rings (SSSR count). The van der Waals surface area contributed by atoms with Crippen molar-refractivity contribution in [1.82, 2.24) is 0 Å². The molecule has 5 heteroatoms. The predicted octanol–water partition coefficient (Wildman–Crippen LogP) is 7.93. The monoisotopic (exact) mass is 456 g/mol. The van der Waals surface area contributed by atoms with E-state index < -0.39 is 23.3 Å². The minimum Gasteiger partial charge on any atom is -0.481 e. The van der Waals surface area contributed by atoms with E-state index in [1.807, 2.05) is 0 Å². The van der Waals surface area contributed by atoms with Gasteiger partial charge in [0.1, 0.15) is 5.82 Å². The summed E-state index contributed by atoms with van der Waals surface area (Å²) in [6, 6.07) is 4.35. The van der Waals surface area contributed by atoms with Crippen LogP contribution in [-0.4, -0.2) is 23.3 Å². The zero-order valence-electron chi connectivity index (χ0n) is 20.3. The second kappa shape index (κ2) is 12.8. The standard InChI is InChI=1S/C26H42ClFO3/c1-7-8-9-10-11-12-13-23(25(2,3)4)26(5,6)31-18-20(24(29)30)16-19-14-15-22(28)21(27)17-19/h14-15,17,20,23H,7-13,16,18H2,1-6H3,(H,29,30). The summed E-state index contributed by atoms with van der Waals surface area (Å²) in [6.07, 6.45) is 8.82. The lowest BCUT2D eigenvalue weighted by Crippen LogP contribution is -2.43. The number of carboxylic acids is 1. The van der Waals surface area contributed by atoms with Gasteiger partial charge in [-0.05, 0) is 55.7 Å². The molecule has 2 atom stereocenters. The van der Waals surface area contributed by atoms with Crippen LogP contribution in [0.1, 0.15) is 92.1 Å². The lowest BCUT2D eigenvalue weighted by molar-refractivity contribution is -0.150. The number of ether oxygens (including phenoxy) is 1. The summed E-state index contributed by atoms with van der Waals surface area (Å²) in [5.74, 6) is -1.83. The Morgan fingerprint density at radius 1 is 1.10 bits per heavy atom. The fraction of sp³-hybridized carbons (Fsp3) is 0.731. The summed E-state index contributed by atoms with van der Waals surface area (Å²) in [4.78, 5) is 11.8. The Labute approximate surface area is 193 Å². The molecule has 1 aromatic carbocycles. The van der Waals surface area contributed by atoms with Crippen molar-refractivity contribution in [2.24, 2.45) is 17.3 Å². The van der Waals surface area contributed by atoms with Gasteiger partial charge in [0.2, 0.25) is 0 Å². The highest BCUT2D eigenvalue weighted by atomic mass is 35.5. The molecule has 0 bridgehead atoms. The van der Waals surface area contributed by atoms with E-state index >= 15 is 0 Å². The summed E-state index contributed by atoms with van der Waals surface area (Å²) in [7, 11) is 0. The largest absolute Gasteiger partial charge is 0.481 e. The first-order chi connectivity index (χ1) is 14.4. The number of rotatable bonds is 14. The molecule has 0 aliphatic rings. The van der Waals surface area contributed by atoms with E-state index in [1.165, 1.54) is 44.2 Å². The quantitative estimate of drug-likeness (QED) is 0.289. The highest BCUT2D eigenvalue weighted by Gasteiger charge is 2.39. The SMILES string of the molecule is CCCCCCCCC(C(C)(C)C)C(C)(C)OCC(Cc1ccc(F)c(Cl)c1)C(=O)O. The molecular weight excluding hydrogens is 415 g/mol. The summed E-state index contributed by atoms with van der Waals surface area (Å²) >= 11 is 5.85. The van der Waals surface area contributed by atoms with Gasteiger partial charge in [-0.15, -0.1) is 0 Å². The number of halogens is 2. The van der Waals surface area contributed by atoms with Crippen LogP contribution >= 0.6 is 11.6 Å². The lowest BCUT2D eigenvalue weighted by Gasteiger charge is -2.43. The minimum absolute atomic E-state index is 0.00891. The Balaban J connectivity index is 2.75. The molecule has 1 aromatic rings. The number of hydrogen-bond donors (Lipinski definition) is 1. The number of unbranched alkanes of at least 4 members (excludes halogenated alkanes) is 5. The summed E-state index contributed by atoms with van der Waals surface area (Å²) < 4.78 is 19.7. The Kier molecular flexibility index (Phi) is 11.5. The molecule has 0 amide bonds. The molecule has 0 heterocycles. The van der Waals surface area contributed by atoms with Crippen molar-refractivity contribution in [3.05, 3.63) is 34.6 Å². The van der Waals surface area contributed by atoms with E-state index in [0.29, 0.717) is 11.5 Å². The van der Waals surface area contributed by atoms with E-state index in [1.54, 1.807) is 6.07 Å². The molecule has 178 valence electrons. The van der Waals surface area contributed by atoms with Gasteiger partial charge in [-0.3, -0.25) is 4.79 Å². The van der Waals surface area contributed by atoms with Crippen molar-refractivity contribution in [1.29, 1.82) is 0 Å². The molecule has 0 aliphatic carbocycles. The number of aliphatic carboxylic acids is 1. The van der Waals surface area contributed by atoms with Gasteiger partial charge in [0.05, 0.1) is 23.1 Å². The van der Waals surface area contributed by atoms with Crippen molar-refractivity contribution in [2.45, 2.75) is 98.5 Å². The van der Waals surface area contributed by atoms with Crippen LogP contribution in [0, 0.1) is 23.1 Å². The third-order valence-electron chi connectivity index (χ3n) is 6.20. The van der Waals surface area contributed by atoms with E-state index in [-0.39, 0.29) is 23.5 Å². The molecule has 0 radical (unpaired) electrons. The maximum Gasteiger partial charge on any atom is 0.309 e. The van der Waals surface area contributed by atoms with Crippen LogP contribution in [0.4, 0.5) is 4.39 Å². The van der Waals surface area contributed by atoms with E-state index in [2.05, 4.69) is 41.5 Å². The highest BCUT2D eigenvalue weighted by Crippen LogP contribution is 2.40. The maximum atomic E-state index is 13.4. The Morgan fingerprint density at radius 3 is 2.26 bits per heavy atom. The summed E-state index contributed by atoms with van der Waals surface area (Å²) in [5.41, 5.74) is 0.297. The van der Waals surface area contributed by atoms with Crippen LogP contribution in [-0.2, 0) is 16.0 Å². The van der Waals surface area contributed by atoms with Gasteiger partial charge >= 0.3 is 5.97 Å². The number of benzene rings is 1. The molecule has 31 heavy (non-hydrogen) atoms. The first kappa shape index (κ1) is 27.9. The smallest absolute Gasteiger partial charge is 0.309 e. The second-order valence-electron chi connectivity index (χ2n) is 10.4. The molecule has 0 spiro atoms. The van der Waals surface area contributed by atoms with Crippen LogP contribution in [0.3, 0.4) is 0 Å². The van der Waals surface area contributed by atoms with E-state index in [9.17, 15) is 14.3 Å². The third kappa shape index (κ3) is 9.91. The number of carbonyl (C=O) groups is 1. The van der Waals surface area contributed by atoms with Crippen molar-refractivity contribution in [2.75, 3.05) is 6.61 Å². The molecule has 0 saturated heterocycles. The molecule has 0 aliphatic heterocycles. The van der Waals surface area contributed by atoms with Gasteiger partial charge in [0.25, 0.3) is 0 Å². The Morgan fingerprint density at radius 2 is 1.71 bits per heavy atom. The summed E-state index contributed by atoms with van der Waals surface area (Å²) in [6.45, 7) is 13.2. The zero-order chi connectivity index (χ0) is 23.7. The van der Waals surface area contributed by atoms with Gasteiger partial charge in [-0.1, -0.05) is 83.9 Å². The van der Waals surface area contributed by atoms with Crippen LogP contribution in [0.5, 0.6) is 0 Å². The summed E-state index contributed by atoms with van der Waals surface area (Å²) in [5, 5.41) is 9.72. The van der Waals surface area contributed by atoms with Gasteiger partial charge in [0, 0.05) is 0 Å². The lowest BCUT2D eigenvalue weighted by atomic mass is 9.69. The number of carboxylic acid groups (broad SMARTS) is 1. The second-order valence-corrected chi connectivity index (χ2v) is 10.8. The molecule has 0 saturated carbocycles. The molecule has 0 aromatic heterocycles. The normalized spacial score (nSPS) is 14.5.